The lowest BCUT2D eigenvalue weighted by Crippen LogP contribution is -2.39. The van der Waals surface area contributed by atoms with Gasteiger partial charge >= 0.3 is 0 Å². The number of hydrogen-bond acceptors (Lipinski definition) is 3. The van der Waals surface area contributed by atoms with Gasteiger partial charge in [-0.05, 0) is 30.5 Å². The summed E-state index contributed by atoms with van der Waals surface area (Å²) in [7, 11) is 0. The molecular weight excluding hydrogens is 264 g/mol. The third-order valence-corrected chi connectivity index (χ3v) is 3.45. The molecule has 0 heterocycles. The molecule has 1 aliphatic carbocycles. The van der Waals surface area contributed by atoms with Crippen LogP contribution in [0, 0.1) is 0 Å². The van der Waals surface area contributed by atoms with Gasteiger partial charge in [-0.1, -0.05) is 23.7 Å². The Morgan fingerprint density at radius 3 is 2.63 bits per heavy atom. The van der Waals surface area contributed by atoms with Crippen LogP contribution >= 0.6 is 11.6 Å². The number of hydrogen-bond donors (Lipinski definition) is 2. The first-order valence-electron chi connectivity index (χ1n) is 6.55. The molecule has 0 atom stereocenters. The maximum atomic E-state index is 11.8. The first-order chi connectivity index (χ1) is 9.19. The quantitative estimate of drug-likeness (QED) is 0.795. The first kappa shape index (κ1) is 14.3. The van der Waals surface area contributed by atoms with Crippen LogP contribution in [0.1, 0.15) is 18.4 Å². The maximum Gasteiger partial charge on any atom is 0.234 e. The molecule has 0 spiro atoms. The number of halogens is 1. The molecule has 1 fully saturated rings. The zero-order valence-corrected chi connectivity index (χ0v) is 11.6. The molecule has 104 valence electrons. The van der Waals surface area contributed by atoms with Gasteiger partial charge in [0.05, 0.1) is 13.2 Å². The van der Waals surface area contributed by atoms with Crippen molar-refractivity contribution in [3.05, 3.63) is 34.9 Å². The van der Waals surface area contributed by atoms with Gasteiger partial charge in [-0.25, -0.2) is 0 Å². The highest BCUT2D eigenvalue weighted by atomic mass is 35.5. The number of benzene rings is 1. The van der Waals surface area contributed by atoms with Crippen LogP contribution in [-0.2, 0) is 11.3 Å². The lowest BCUT2D eigenvalue weighted by molar-refractivity contribution is -0.122. The summed E-state index contributed by atoms with van der Waals surface area (Å²) in [6.45, 7) is 1.53. The lowest BCUT2D eigenvalue weighted by Gasteiger charge is -2.20. The molecule has 0 saturated heterocycles. The SMILES string of the molecule is O=C(CN(CCO)C1CC1)NCc1ccc(Cl)cc1. The van der Waals surface area contributed by atoms with E-state index in [0.29, 0.717) is 30.7 Å². The number of nitrogens with one attached hydrogen (secondary N) is 1. The smallest absolute Gasteiger partial charge is 0.234 e. The van der Waals surface area contributed by atoms with E-state index in [4.69, 9.17) is 16.7 Å². The van der Waals surface area contributed by atoms with Gasteiger partial charge in [-0.3, -0.25) is 9.69 Å². The third-order valence-electron chi connectivity index (χ3n) is 3.20. The van der Waals surface area contributed by atoms with Gasteiger partial charge in [0, 0.05) is 24.2 Å². The summed E-state index contributed by atoms with van der Waals surface area (Å²) in [5, 5.41) is 12.6. The van der Waals surface area contributed by atoms with Crippen LogP contribution in [0.15, 0.2) is 24.3 Å². The largest absolute Gasteiger partial charge is 0.395 e. The van der Waals surface area contributed by atoms with Gasteiger partial charge < -0.3 is 10.4 Å². The van der Waals surface area contributed by atoms with Crippen molar-refractivity contribution in [2.75, 3.05) is 19.7 Å². The van der Waals surface area contributed by atoms with E-state index in [9.17, 15) is 4.79 Å². The minimum Gasteiger partial charge on any atom is -0.395 e. The fourth-order valence-electron chi connectivity index (χ4n) is 2.00. The summed E-state index contributed by atoms with van der Waals surface area (Å²) in [6, 6.07) is 7.90. The van der Waals surface area contributed by atoms with Crippen LogP contribution in [0.4, 0.5) is 0 Å². The minimum atomic E-state index is -0.00435. The molecule has 1 amide bonds. The topological polar surface area (TPSA) is 52.6 Å². The Balaban J connectivity index is 1.75. The summed E-state index contributed by atoms with van der Waals surface area (Å²) in [4.78, 5) is 13.9. The standard InChI is InChI=1S/C14H19ClN2O2/c15-12-3-1-11(2-4-12)9-16-14(19)10-17(7-8-18)13-5-6-13/h1-4,13,18H,5-10H2,(H,16,19). The highest BCUT2D eigenvalue weighted by Crippen LogP contribution is 2.25. The van der Waals surface area contributed by atoms with Crippen LogP contribution in [0.3, 0.4) is 0 Å². The summed E-state index contributed by atoms with van der Waals surface area (Å²) in [6.07, 6.45) is 2.26. The van der Waals surface area contributed by atoms with Crippen molar-refractivity contribution in [3.8, 4) is 0 Å². The summed E-state index contributed by atoms with van der Waals surface area (Å²) in [5.41, 5.74) is 1.03. The van der Waals surface area contributed by atoms with Crippen molar-refractivity contribution < 1.29 is 9.90 Å². The highest BCUT2D eigenvalue weighted by molar-refractivity contribution is 6.30. The Morgan fingerprint density at radius 2 is 2.05 bits per heavy atom. The number of aliphatic hydroxyl groups excluding tert-OH is 1. The van der Waals surface area contributed by atoms with E-state index >= 15 is 0 Å². The van der Waals surface area contributed by atoms with Gasteiger partial charge in [0.15, 0.2) is 0 Å². The van der Waals surface area contributed by atoms with Crippen molar-refractivity contribution in [3.63, 3.8) is 0 Å². The van der Waals surface area contributed by atoms with Gasteiger partial charge in [-0.15, -0.1) is 0 Å². The molecule has 0 aromatic heterocycles. The summed E-state index contributed by atoms with van der Waals surface area (Å²) < 4.78 is 0. The maximum absolute atomic E-state index is 11.8. The van der Waals surface area contributed by atoms with Crippen LogP contribution < -0.4 is 5.32 Å². The van der Waals surface area contributed by atoms with E-state index in [0.717, 1.165) is 18.4 Å². The Labute approximate surface area is 118 Å². The molecule has 1 aromatic carbocycles. The van der Waals surface area contributed by atoms with Gasteiger partial charge in [0.2, 0.25) is 5.91 Å². The van der Waals surface area contributed by atoms with Crippen LogP contribution in [0.2, 0.25) is 5.02 Å². The fourth-order valence-corrected chi connectivity index (χ4v) is 2.13. The van der Waals surface area contributed by atoms with E-state index in [2.05, 4.69) is 5.32 Å². The average Bonchev–Trinajstić information content (AvgIpc) is 3.22. The van der Waals surface area contributed by atoms with Crippen molar-refractivity contribution >= 4 is 17.5 Å². The molecule has 19 heavy (non-hydrogen) atoms. The van der Waals surface area contributed by atoms with Crippen LogP contribution in [0.5, 0.6) is 0 Å². The van der Waals surface area contributed by atoms with E-state index in [1.54, 1.807) is 0 Å². The van der Waals surface area contributed by atoms with E-state index in [-0.39, 0.29) is 12.5 Å². The Hall–Kier alpha value is -1.10. The summed E-state index contributed by atoms with van der Waals surface area (Å²) in [5.74, 6) is -0.00435. The number of carbonyl (C=O) groups excluding carboxylic acids is 1. The Morgan fingerprint density at radius 1 is 1.37 bits per heavy atom. The van der Waals surface area contributed by atoms with Crippen LogP contribution in [-0.4, -0.2) is 41.7 Å². The van der Waals surface area contributed by atoms with Crippen LogP contribution in [0.25, 0.3) is 0 Å². The highest BCUT2D eigenvalue weighted by Gasteiger charge is 2.29. The summed E-state index contributed by atoms with van der Waals surface area (Å²) >= 11 is 5.80. The molecule has 0 unspecified atom stereocenters. The van der Waals surface area contributed by atoms with E-state index in [1.165, 1.54) is 0 Å². The first-order valence-corrected chi connectivity index (χ1v) is 6.93. The second-order valence-electron chi connectivity index (χ2n) is 4.83. The second-order valence-corrected chi connectivity index (χ2v) is 5.26. The minimum absolute atomic E-state index is 0.00435. The predicted molar refractivity (Wildman–Crippen MR) is 75.0 cm³/mol. The molecule has 5 heteroatoms. The Kier molecular flexibility index (Phi) is 5.19. The predicted octanol–water partition coefficient (Wildman–Crippen LogP) is 1.41. The molecular formula is C14H19ClN2O2. The molecule has 4 nitrogen and oxygen atoms in total. The van der Waals surface area contributed by atoms with Gasteiger partial charge in [-0.2, -0.15) is 0 Å². The molecule has 1 saturated carbocycles. The molecule has 0 bridgehead atoms. The molecule has 0 aliphatic heterocycles. The monoisotopic (exact) mass is 282 g/mol. The second kappa shape index (κ2) is 6.89. The van der Waals surface area contributed by atoms with E-state index < -0.39 is 0 Å². The molecule has 0 radical (unpaired) electrons. The number of carbonyl (C=O) groups is 1. The lowest BCUT2D eigenvalue weighted by atomic mass is 10.2. The van der Waals surface area contributed by atoms with Crippen molar-refractivity contribution in [2.24, 2.45) is 0 Å². The van der Waals surface area contributed by atoms with Crippen molar-refractivity contribution in [2.45, 2.75) is 25.4 Å². The fraction of sp³-hybridized carbons (Fsp3) is 0.500. The number of nitrogens with zero attached hydrogens (tertiary/aromatic N) is 1. The van der Waals surface area contributed by atoms with E-state index in [1.807, 2.05) is 29.2 Å². The van der Waals surface area contributed by atoms with Gasteiger partial charge in [0.25, 0.3) is 0 Å². The third kappa shape index (κ3) is 4.82. The van der Waals surface area contributed by atoms with Crippen molar-refractivity contribution in [1.29, 1.82) is 0 Å². The number of amides is 1. The molecule has 1 aliphatic rings. The molecule has 2 rings (SSSR count). The Bertz CT molecular complexity index is 418. The average molecular weight is 283 g/mol. The molecule has 1 aromatic rings. The number of rotatable bonds is 7. The van der Waals surface area contributed by atoms with Crippen molar-refractivity contribution in [1.82, 2.24) is 10.2 Å². The normalized spacial score (nSPS) is 14.7. The zero-order chi connectivity index (χ0) is 13.7. The zero-order valence-electron chi connectivity index (χ0n) is 10.8. The molecule has 2 N–H and O–H groups in total. The number of aliphatic hydroxyl groups is 1. The van der Waals surface area contributed by atoms with Gasteiger partial charge in [0.1, 0.15) is 0 Å².